The highest BCUT2D eigenvalue weighted by molar-refractivity contribution is 8.13. The average molecular weight is 269 g/mol. The molecule has 1 unspecified atom stereocenters. The second-order valence-electron chi connectivity index (χ2n) is 5.02. The average Bonchev–Trinajstić information content (AvgIpc) is 2.91. The summed E-state index contributed by atoms with van der Waals surface area (Å²) in [5, 5.41) is 0. The molecule has 0 N–H and O–H groups in total. The van der Waals surface area contributed by atoms with Gasteiger partial charge in [0.15, 0.2) is 0 Å². The van der Waals surface area contributed by atoms with E-state index in [1.807, 2.05) is 13.8 Å². The van der Waals surface area contributed by atoms with Crippen LogP contribution in [-0.2, 0) is 13.8 Å². The van der Waals surface area contributed by atoms with Crippen LogP contribution in [0.3, 0.4) is 0 Å². The van der Waals surface area contributed by atoms with Gasteiger partial charge in [-0.05, 0) is 24.2 Å². The van der Waals surface area contributed by atoms with Crippen LogP contribution in [0.1, 0.15) is 33.1 Å². The molecule has 3 nitrogen and oxygen atoms in total. The minimum atomic E-state index is -3.42. The molecule has 16 heavy (non-hydrogen) atoms. The predicted octanol–water partition coefficient (Wildman–Crippen LogP) is 2.64. The molecule has 1 rings (SSSR count). The molecule has 0 aromatic rings. The van der Waals surface area contributed by atoms with Crippen molar-refractivity contribution in [3.63, 3.8) is 0 Å². The lowest BCUT2D eigenvalue weighted by Gasteiger charge is -2.19. The van der Waals surface area contributed by atoms with E-state index in [0.717, 1.165) is 18.9 Å². The largest absolute Gasteiger partial charge is 0.381 e. The fourth-order valence-electron chi connectivity index (χ4n) is 1.58. The van der Waals surface area contributed by atoms with Gasteiger partial charge in [0, 0.05) is 17.3 Å². The Bertz CT molecular complexity index is 296. The van der Waals surface area contributed by atoms with E-state index in [0.29, 0.717) is 6.61 Å². The molecular weight excluding hydrogens is 248 g/mol. The summed E-state index contributed by atoms with van der Waals surface area (Å²) < 4.78 is 27.5. The molecule has 1 aliphatic rings. The first kappa shape index (κ1) is 14.3. The molecule has 1 aliphatic carbocycles. The molecule has 0 aromatic heterocycles. The van der Waals surface area contributed by atoms with Crippen LogP contribution in [0.2, 0.25) is 0 Å². The molecule has 96 valence electrons. The number of rotatable bonds is 8. The first-order valence-electron chi connectivity index (χ1n) is 5.88. The van der Waals surface area contributed by atoms with Gasteiger partial charge in [0.25, 0.3) is 0 Å². The van der Waals surface area contributed by atoms with Gasteiger partial charge >= 0.3 is 0 Å². The quantitative estimate of drug-likeness (QED) is 0.502. The van der Waals surface area contributed by atoms with Crippen LogP contribution in [0.15, 0.2) is 0 Å². The highest BCUT2D eigenvalue weighted by Crippen LogP contribution is 2.32. The van der Waals surface area contributed by atoms with Gasteiger partial charge < -0.3 is 4.74 Å². The van der Waals surface area contributed by atoms with Gasteiger partial charge in [-0.2, -0.15) is 0 Å². The summed E-state index contributed by atoms with van der Waals surface area (Å²) in [5.74, 6) is 1.14. The minimum absolute atomic E-state index is 0.00158. The summed E-state index contributed by atoms with van der Waals surface area (Å²) in [7, 11) is 1.84. The van der Waals surface area contributed by atoms with Crippen molar-refractivity contribution in [3.05, 3.63) is 0 Å². The number of ether oxygens (including phenoxy) is 1. The molecule has 1 fully saturated rings. The van der Waals surface area contributed by atoms with Crippen molar-refractivity contribution in [2.45, 2.75) is 33.1 Å². The van der Waals surface area contributed by atoms with Crippen molar-refractivity contribution in [1.82, 2.24) is 0 Å². The van der Waals surface area contributed by atoms with Gasteiger partial charge in [-0.3, -0.25) is 0 Å². The first-order valence-corrected chi connectivity index (χ1v) is 8.36. The monoisotopic (exact) mass is 268 g/mol. The van der Waals surface area contributed by atoms with Crippen LogP contribution in [0.5, 0.6) is 0 Å². The molecule has 5 heteroatoms. The van der Waals surface area contributed by atoms with Crippen molar-refractivity contribution in [1.29, 1.82) is 0 Å². The lowest BCUT2D eigenvalue weighted by molar-refractivity contribution is 0.0866. The van der Waals surface area contributed by atoms with Crippen molar-refractivity contribution in [2.24, 2.45) is 17.8 Å². The summed E-state index contributed by atoms with van der Waals surface area (Å²) in [6, 6.07) is 0. The Balaban J connectivity index is 2.21. The molecule has 1 atom stereocenters. The maximum Gasteiger partial charge on any atom is 0.232 e. The fourth-order valence-corrected chi connectivity index (χ4v) is 3.06. The molecule has 0 aliphatic heterocycles. The maximum absolute atomic E-state index is 11.0. The smallest absolute Gasteiger partial charge is 0.232 e. The van der Waals surface area contributed by atoms with Crippen LogP contribution in [0.4, 0.5) is 0 Å². The molecule has 0 aromatic carbocycles. The van der Waals surface area contributed by atoms with Gasteiger partial charge in [-0.25, -0.2) is 8.42 Å². The molecule has 0 spiro atoms. The number of halogens is 1. The van der Waals surface area contributed by atoms with E-state index in [2.05, 4.69) is 0 Å². The fraction of sp³-hybridized carbons (Fsp3) is 1.00. The third kappa shape index (κ3) is 6.71. The second-order valence-corrected chi connectivity index (χ2v) is 7.84. The Hall–Kier alpha value is 0.200. The van der Waals surface area contributed by atoms with Gasteiger partial charge in [0.2, 0.25) is 9.05 Å². The molecule has 0 saturated heterocycles. The molecule has 1 saturated carbocycles. The van der Waals surface area contributed by atoms with E-state index >= 15 is 0 Å². The Labute approximate surface area is 103 Å². The summed E-state index contributed by atoms with van der Waals surface area (Å²) in [6.45, 7) is 5.24. The first-order chi connectivity index (χ1) is 7.38. The van der Waals surface area contributed by atoms with E-state index < -0.39 is 9.05 Å². The SMILES string of the molecule is CC(C)C(COCCC1CC1)CS(=O)(=O)Cl. The molecular formula is C11H21ClO3S. The standard InChI is InChI=1S/C11H21ClO3S/c1-9(2)11(8-16(12,13)14)7-15-6-5-10-3-4-10/h9-11H,3-8H2,1-2H3. The van der Waals surface area contributed by atoms with E-state index in [1.54, 1.807) is 0 Å². The third-order valence-electron chi connectivity index (χ3n) is 3.06. The van der Waals surface area contributed by atoms with Gasteiger partial charge in [-0.1, -0.05) is 26.7 Å². The van der Waals surface area contributed by atoms with Crippen LogP contribution >= 0.6 is 10.7 Å². The normalized spacial score (nSPS) is 19.0. The zero-order valence-electron chi connectivity index (χ0n) is 9.99. The van der Waals surface area contributed by atoms with Crippen molar-refractivity contribution in [3.8, 4) is 0 Å². The number of hydrogen-bond acceptors (Lipinski definition) is 3. The molecule has 0 heterocycles. The van der Waals surface area contributed by atoms with E-state index in [9.17, 15) is 8.42 Å². The number of hydrogen-bond donors (Lipinski definition) is 0. The Morgan fingerprint density at radius 3 is 2.44 bits per heavy atom. The van der Waals surface area contributed by atoms with Crippen molar-refractivity contribution >= 4 is 19.7 Å². The second kappa shape index (κ2) is 6.22. The van der Waals surface area contributed by atoms with E-state index in [4.69, 9.17) is 15.4 Å². The highest BCUT2D eigenvalue weighted by atomic mass is 35.7. The lowest BCUT2D eigenvalue weighted by Crippen LogP contribution is -2.23. The van der Waals surface area contributed by atoms with Crippen LogP contribution in [0.25, 0.3) is 0 Å². The highest BCUT2D eigenvalue weighted by Gasteiger charge is 2.22. The molecule has 0 bridgehead atoms. The predicted molar refractivity (Wildman–Crippen MR) is 66.1 cm³/mol. The van der Waals surface area contributed by atoms with Crippen molar-refractivity contribution in [2.75, 3.05) is 19.0 Å². The van der Waals surface area contributed by atoms with Crippen LogP contribution in [0, 0.1) is 17.8 Å². The summed E-state index contributed by atoms with van der Waals surface area (Å²) in [5.41, 5.74) is 0. The zero-order valence-corrected chi connectivity index (χ0v) is 11.6. The Morgan fingerprint density at radius 1 is 1.38 bits per heavy atom. The minimum Gasteiger partial charge on any atom is -0.381 e. The Morgan fingerprint density at radius 2 is 2.00 bits per heavy atom. The summed E-state index contributed by atoms with van der Waals surface area (Å²) in [6.07, 6.45) is 3.76. The zero-order chi connectivity index (χ0) is 12.2. The van der Waals surface area contributed by atoms with Crippen LogP contribution in [-0.4, -0.2) is 27.4 Å². The van der Waals surface area contributed by atoms with Gasteiger partial charge in [-0.15, -0.1) is 0 Å². The van der Waals surface area contributed by atoms with Crippen LogP contribution < -0.4 is 0 Å². The third-order valence-corrected chi connectivity index (χ3v) is 4.26. The Kier molecular flexibility index (Phi) is 5.54. The van der Waals surface area contributed by atoms with Gasteiger partial charge in [0.1, 0.15) is 0 Å². The molecule has 0 radical (unpaired) electrons. The topological polar surface area (TPSA) is 43.4 Å². The lowest BCUT2D eigenvalue weighted by atomic mass is 9.99. The van der Waals surface area contributed by atoms with Gasteiger partial charge in [0.05, 0.1) is 12.4 Å². The van der Waals surface area contributed by atoms with E-state index in [1.165, 1.54) is 12.8 Å². The summed E-state index contributed by atoms with van der Waals surface area (Å²) >= 11 is 0. The summed E-state index contributed by atoms with van der Waals surface area (Å²) in [4.78, 5) is 0. The van der Waals surface area contributed by atoms with E-state index in [-0.39, 0.29) is 17.6 Å². The molecule has 0 amide bonds. The maximum atomic E-state index is 11.0. The van der Waals surface area contributed by atoms with Crippen molar-refractivity contribution < 1.29 is 13.2 Å².